The van der Waals surface area contributed by atoms with E-state index in [-0.39, 0.29) is 45.8 Å². The standard InChI is InChI=1S/C26H24O7/c1-26(2,3)16-7-4-14(5-8-16)13-32-17-11-20(29)22-21(12-17)33-25(24(31)23(22)30)15-6-9-18(27)19(28)10-15/h4-12,27-29,31H,13H2,1-3H3. The Hall–Kier alpha value is -4.13. The molecule has 33 heavy (non-hydrogen) atoms. The first-order valence-electron chi connectivity index (χ1n) is 10.3. The molecule has 7 nitrogen and oxygen atoms in total. The summed E-state index contributed by atoms with van der Waals surface area (Å²) in [6, 6.07) is 14.5. The number of aromatic hydroxyl groups is 4. The lowest BCUT2D eigenvalue weighted by Gasteiger charge is -2.19. The van der Waals surface area contributed by atoms with Gasteiger partial charge in [0.05, 0.1) is 0 Å². The van der Waals surface area contributed by atoms with E-state index in [1.807, 2.05) is 24.3 Å². The van der Waals surface area contributed by atoms with Crippen molar-refractivity contribution in [2.24, 2.45) is 0 Å². The van der Waals surface area contributed by atoms with Gasteiger partial charge >= 0.3 is 0 Å². The molecule has 0 aliphatic heterocycles. The number of benzene rings is 3. The lowest BCUT2D eigenvalue weighted by atomic mass is 9.87. The number of phenols is 3. The van der Waals surface area contributed by atoms with Crippen LogP contribution >= 0.6 is 0 Å². The van der Waals surface area contributed by atoms with Gasteiger partial charge in [-0.25, -0.2) is 0 Å². The summed E-state index contributed by atoms with van der Waals surface area (Å²) in [6.07, 6.45) is 0. The van der Waals surface area contributed by atoms with E-state index in [2.05, 4.69) is 20.8 Å². The van der Waals surface area contributed by atoms with Crippen molar-refractivity contribution >= 4 is 11.0 Å². The average molecular weight is 448 g/mol. The summed E-state index contributed by atoms with van der Waals surface area (Å²) in [7, 11) is 0. The molecular weight excluding hydrogens is 424 g/mol. The number of hydrogen-bond acceptors (Lipinski definition) is 7. The van der Waals surface area contributed by atoms with Gasteiger partial charge < -0.3 is 29.6 Å². The molecule has 1 heterocycles. The van der Waals surface area contributed by atoms with Crippen LogP contribution in [0.4, 0.5) is 0 Å². The monoisotopic (exact) mass is 448 g/mol. The Morgan fingerprint density at radius 1 is 0.848 bits per heavy atom. The first kappa shape index (κ1) is 22.1. The summed E-state index contributed by atoms with van der Waals surface area (Å²) in [5, 5.41) is 39.8. The summed E-state index contributed by atoms with van der Waals surface area (Å²) in [4.78, 5) is 12.7. The number of hydrogen-bond donors (Lipinski definition) is 4. The van der Waals surface area contributed by atoms with Crippen molar-refractivity contribution in [2.75, 3.05) is 0 Å². The highest BCUT2D eigenvalue weighted by molar-refractivity contribution is 5.88. The van der Waals surface area contributed by atoms with Gasteiger partial charge in [-0.3, -0.25) is 4.79 Å². The smallest absolute Gasteiger partial charge is 0.238 e. The Morgan fingerprint density at radius 2 is 1.55 bits per heavy atom. The lowest BCUT2D eigenvalue weighted by Crippen LogP contribution is -2.10. The van der Waals surface area contributed by atoms with Crippen LogP contribution in [0, 0.1) is 0 Å². The minimum atomic E-state index is -0.833. The summed E-state index contributed by atoms with van der Waals surface area (Å²) in [5.41, 5.74) is 1.50. The Kier molecular flexibility index (Phi) is 5.41. The fourth-order valence-corrected chi connectivity index (χ4v) is 3.48. The van der Waals surface area contributed by atoms with Crippen LogP contribution in [0.15, 0.2) is 63.8 Å². The van der Waals surface area contributed by atoms with Gasteiger partial charge in [0, 0.05) is 17.7 Å². The van der Waals surface area contributed by atoms with Gasteiger partial charge in [-0.1, -0.05) is 45.0 Å². The molecule has 0 aliphatic rings. The Morgan fingerprint density at radius 3 is 2.18 bits per heavy atom. The second-order valence-electron chi connectivity index (χ2n) is 8.86. The predicted molar refractivity (Wildman–Crippen MR) is 124 cm³/mol. The number of fused-ring (bicyclic) bond motifs is 1. The van der Waals surface area contributed by atoms with Gasteiger partial charge in [-0.2, -0.15) is 0 Å². The highest BCUT2D eigenvalue weighted by Gasteiger charge is 2.20. The van der Waals surface area contributed by atoms with Crippen molar-refractivity contribution < 1.29 is 29.6 Å². The molecule has 4 aromatic rings. The molecule has 0 amide bonds. The molecule has 7 heteroatoms. The highest BCUT2D eigenvalue weighted by atomic mass is 16.5. The van der Waals surface area contributed by atoms with Crippen LogP contribution in [0.3, 0.4) is 0 Å². The van der Waals surface area contributed by atoms with Gasteiger partial charge in [0.1, 0.15) is 29.1 Å². The van der Waals surface area contributed by atoms with E-state index in [1.165, 1.54) is 29.8 Å². The topological polar surface area (TPSA) is 120 Å². The third-order valence-corrected chi connectivity index (χ3v) is 5.39. The fraction of sp³-hybridized carbons (Fsp3) is 0.192. The normalized spacial score (nSPS) is 11.6. The molecule has 1 aromatic heterocycles. The van der Waals surface area contributed by atoms with Crippen molar-refractivity contribution in [3.8, 4) is 40.1 Å². The maximum absolute atomic E-state index is 12.7. The fourth-order valence-electron chi connectivity index (χ4n) is 3.48. The lowest BCUT2D eigenvalue weighted by molar-refractivity contribution is 0.304. The van der Waals surface area contributed by atoms with Crippen LogP contribution in [0.25, 0.3) is 22.3 Å². The predicted octanol–water partition coefficient (Wildman–Crippen LogP) is 5.16. The van der Waals surface area contributed by atoms with E-state index in [0.29, 0.717) is 0 Å². The second-order valence-corrected chi connectivity index (χ2v) is 8.86. The van der Waals surface area contributed by atoms with Crippen LogP contribution in [0.2, 0.25) is 0 Å². The van der Waals surface area contributed by atoms with E-state index in [1.54, 1.807) is 0 Å². The molecule has 0 spiro atoms. The molecule has 170 valence electrons. The number of rotatable bonds is 4. The van der Waals surface area contributed by atoms with Gasteiger partial charge in [0.2, 0.25) is 11.2 Å². The number of ether oxygens (including phenoxy) is 1. The maximum atomic E-state index is 12.7. The van der Waals surface area contributed by atoms with Gasteiger partial charge in [0.15, 0.2) is 17.3 Å². The number of phenolic OH excluding ortho intramolecular Hbond substituents is 3. The van der Waals surface area contributed by atoms with Crippen LogP contribution in [-0.4, -0.2) is 20.4 Å². The molecule has 0 saturated heterocycles. The van der Waals surface area contributed by atoms with Crippen LogP contribution < -0.4 is 10.2 Å². The van der Waals surface area contributed by atoms with Gasteiger partial charge in [-0.05, 0) is 34.7 Å². The molecule has 0 unspecified atom stereocenters. The summed E-state index contributed by atoms with van der Waals surface area (Å²) >= 11 is 0. The summed E-state index contributed by atoms with van der Waals surface area (Å²) in [6.45, 7) is 6.64. The second kappa shape index (κ2) is 8.09. The first-order chi connectivity index (χ1) is 15.5. The zero-order chi connectivity index (χ0) is 23.9. The van der Waals surface area contributed by atoms with Gasteiger partial charge in [0.25, 0.3) is 0 Å². The van der Waals surface area contributed by atoms with E-state index >= 15 is 0 Å². The molecule has 0 saturated carbocycles. The third kappa shape index (κ3) is 4.30. The highest BCUT2D eigenvalue weighted by Crippen LogP contribution is 2.38. The molecule has 4 N–H and O–H groups in total. The zero-order valence-electron chi connectivity index (χ0n) is 18.4. The zero-order valence-corrected chi connectivity index (χ0v) is 18.4. The Bertz CT molecular complexity index is 1390. The minimum absolute atomic E-state index is 0.00144. The van der Waals surface area contributed by atoms with Crippen LogP contribution in [-0.2, 0) is 12.0 Å². The molecule has 0 fully saturated rings. The molecule has 0 atom stereocenters. The SMILES string of the molecule is CC(C)(C)c1ccc(COc2cc(O)c3c(=O)c(O)c(-c4ccc(O)c(O)c4)oc3c2)cc1. The molecular formula is C26H24O7. The van der Waals surface area contributed by atoms with Crippen molar-refractivity contribution in [3.63, 3.8) is 0 Å². The minimum Gasteiger partial charge on any atom is -0.507 e. The molecule has 4 rings (SSSR count). The van der Waals surface area contributed by atoms with Gasteiger partial charge in [-0.15, -0.1) is 0 Å². The molecule has 3 aromatic carbocycles. The quantitative estimate of drug-likeness (QED) is 0.318. The third-order valence-electron chi connectivity index (χ3n) is 5.39. The van der Waals surface area contributed by atoms with Crippen molar-refractivity contribution in [3.05, 3.63) is 75.9 Å². The van der Waals surface area contributed by atoms with E-state index in [0.717, 1.165) is 11.6 Å². The Balaban J connectivity index is 1.69. The van der Waals surface area contributed by atoms with Crippen molar-refractivity contribution in [1.29, 1.82) is 0 Å². The average Bonchev–Trinajstić information content (AvgIpc) is 2.76. The van der Waals surface area contributed by atoms with E-state index in [9.17, 15) is 25.2 Å². The summed E-state index contributed by atoms with van der Waals surface area (Å²) in [5.74, 6) is -1.85. The molecule has 0 radical (unpaired) electrons. The van der Waals surface area contributed by atoms with E-state index in [4.69, 9.17) is 9.15 Å². The van der Waals surface area contributed by atoms with E-state index < -0.39 is 22.7 Å². The Labute approximate surface area is 189 Å². The van der Waals surface area contributed by atoms with Crippen molar-refractivity contribution in [1.82, 2.24) is 0 Å². The van der Waals surface area contributed by atoms with Crippen LogP contribution in [0.1, 0.15) is 31.9 Å². The largest absolute Gasteiger partial charge is 0.507 e. The molecule has 0 bridgehead atoms. The maximum Gasteiger partial charge on any atom is 0.238 e. The first-order valence-corrected chi connectivity index (χ1v) is 10.3. The summed E-state index contributed by atoms with van der Waals surface area (Å²) < 4.78 is 11.5. The molecule has 0 aliphatic carbocycles. The van der Waals surface area contributed by atoms with Crippen molar-refractivity contribution in [2.45, 2.75) is 32.8 Å². The van der Waals surface area contributed by atoms with Crippen LogP contribution in [0.5, 0.6) is 28.7 Å².